The van der Waals surface area contributed by atoms with Crippen molar-refractivity contribution < 1.29 is 0 Å². The summed E-state index contributed by atoms with van der Waals surface area (Å²) >= 11 is 8.91. The lowest BCUT2D eigenvalue weighted by atomic mass is 10.0. The van der Waals surface area contributed by atoms with Gasteiger partial charge in [-0.3, -0.25) is 0 Å². The van der Waals surface area contributed by atoms with Crippen LogP contribution >= 0.6 is 43.2 Å². The first-order valence-corrected chi connectivity index (χ1v) is 12.2. The Labute approximate surface area is 199 Å². The number of para-hydroxylation sites is 1. The van der Waals surface area contributed by atoms with E-state index in [9.17, 15) is 0 Å². The molecule has 6 heteroatoms. The van der Waals surface area contributed by atoms with E-state index in [0.717, 1.165) is 41.1 Å². The Bertz CT molecular complexity index is 1620. The fourth-order valence-electron chi connectivity index (χ4n) is 4.19. The van der Waals surface area contributed by atoms with Crippen molar-refractivity contribution in [2.75, 3.05) is 0 Å². The molecule has 3 aromatic heterocycles. The molecule has 6 rings (SSSR count). The van der Waals surface area contributed by atoms with Crippen molar-refractivity contribution in [1.29, 1.82) is 0 Å². The summed E-state index contributed by atoms with van der Waals surface area (Å²) in [6.07, 6.45) is 0. The van der Waals surface area contributed by atoms with E-state index in [2.05, 4.69) is 98.1 Å². The lowest BCUT2D eigenvalue weighted by Crippen LogP contribution is -1.95. The fraction of sp³-hybridized carbons (Fsp3) is 0.0400. The molecule has 0 atom stereocenters. The molecule has 31 heavy (non-hydrogen) atoms. The molecule has 3 aromatic carbocycles. The number of aryl methyl sites for hydroxylation is 1. The standard InChI is InChI=1S/C25H15Br2N3S/c1-30-18-10-6-5-9-16(18)17-12-11-15(13-19(17)30)21-20(14-7-3-2-4-8-14)28-22-23(29-21)25(27)31-24(22)26/h2-13H,1H3. The summed E-state index contributed by atoms with van der Waals surface area (Å²) in [7, 11) is 2.12. The molecule has 0 saturated heterocycles. The zero-order chi connectivity index (χ0) is 21.1. The highest BCUT2D eigenvalue weighted by molar-refractivity contribution is 9.12. The maximum atomic E-state index is 5.09. The average Bonchev–Trinajstić information content (AvgIpc) is 3.26. The first-order valence-electron chi connectivity index (χ1n) is 9.80. The summed E-state index contributed by atoms with van der Waals surface area (Å²) in [5.74, 6) is 0. The average molecular weight is 549 g/mol. The van der Waals surface area contributed by atoms with E-state index in [1.54, 1.807) is 11.3 Å². The molecule has 150 valence electrons. The van der Waals surface area contributed by atoms with E-state index in [-0.39, 0.29) is 0 Å². The van der Waals surface area contributed by atoms with Crippen molar-refractivity contribution in [3.05, 3.63) is 80.4 Å². The molecule has 0 N–H and O–H groups in total. The van der Waals surface area contributed by atoms with Gasteiger partial charge in [0.15, 0.2) is 0 Å². The van der Waals surface area contributed by atoms with Crippen LogP contribution in [-0.2, 0) is 7.05 Å². The smallest absolute Gasteiger partial charge is 0.116 e. The minimum Gasteiger partial charge on any atom is -0.344 e. The molecular weight excluding hydrogens is 534 g/mol. The molecule has 3 nitrogen and oxygen atoms in total. The van der Waals surface area contributed by atoms with Crippen LogP contribution in [0.25, 0.3) is 55.4 Å². The number of aromatic nitrogens is 3. The molecule has 6 aromatic rings. The van der Waals surface area contributed by atoms with Gasteiger partial charge in [0.25, 0.3) is 0 Å². The van der Waals surface area contributed by atoms with Crippen molar-refractivity contribution >= 4 is 76.0 Å². The van der Waals surface area contributed by atoms with Crippen LogP contribution in [0.5, 0.6) is 0 Å². The zero-order valence-corrected chi connectivity index (χ0v) is 20.4. The molecule has 3 heterocycles. The third-order valence-electron chi connectivity index (χ3n) is 5.68. The van der Waals surface area contributed by atoms with Gasteiger partial charge in [0, 0.05) is 40.0 Å². The normalized spacial score (nSPS) is 11.7. The van der Waals surface area contributed by atoms with Crippen LogP contribution in [0.3, 0.4) is 0 Å². The number of hydrogen-bond acceptors (Lipinski definition) is 3. The van der Waals surface area contributed by atoms with Gasteiger partial charge in [-0.2, -0.15) is 0 Å². The number of hydrogen-bond donors (Lipinski definition) is 0. The number of nitrogens with zero attached hydrogens (tertiary/aromatic N) is 3. The van der Waals surface area contributed by atoms with Crippen molar-refractivity contribution in [3.8, 4) is 22.5 Å². The van der Waals surface area contributed by atoms with E-state index in [1.165, 1.54) is 21.8 Å². The maximum Gasteiger partial charge on any atom is 0.116 e. The van der Waals surface area contributed by atoms with Crippen LogP contribution in [0.15, 0.2) is 80.4 Å². The SMILES string of the molecule is Cn1c2ccccc2c2ccc(-c3nc4c(Br)sc(Br)c4nc3-c3ccccc3)cc21. The van der Waals surface area contributed by atoms with E-state index < -0.39 is 0 Å². The minimum atomic E-state index is 0.878. The maximum absolute atomic E-state index is 5.09. The topological polar surface area (TPSA) is 30.7 Å². The highest BCUT2D eigenvalue weighted by Gasteiger charge is 2.19. The molecule has 0 aliphatic rings. The van der Waals surface area contributed by atoms with Gasteiger partial charge < -0.3 is 4.57 Å². The predicted octanol–water partition coefficient (Wildman–Crippen LogP) is 8.20. The van der Waals surface area contributed by atoms with E-state index in [4.69, 9.17) is 9.97 Å². The number of benzene rings is 3. The number of thiophene rings is 1. The molecule has 0 aliphatic heterocycles. The lowest BCUT2D eigenvalue weighted by molar-refractivity contribution is 1.01. The molecule has 0 bridgehead atoms. The van der Waals surface area contributed by atoms with Crippen LogP contribution in [0.1, 0.15) is 0 Å². The molecule has 0 amide bonds. The second-order valence-corrected chi connectivity index (χ2v) is 11.1. The van der Waals surface area contributed by atoms with Crippen molar-refractivity contribution in [3.63, 3.8) is 0 Å². The fourth-order valence-corrected chi connectivity index (χ4v) is 7.00. The Morgan fingerprint density at radius 2 is 1.29 bits per heavy atom. The van der Waals surface area contributed by atoms with Gasteiger partial charge in [0.2, 0.25) is 0 Å². The highest BCUT2D eigenvalue weighted by Crippen LogP contribution is 2.41. The van der Waals surface area contributed by atoms with Crippen molar-refractivity contribution in [2.24, 2.45) is 7.05 Å². The van der Waals surface area contributed by atoms with Gasteiger partial charge >= 0.3 is 0 Å². The zero-order valence-electron chi connectivity index (χ0n) is 16.4. The van der Waals surface area contributed by atoms with Gasteiger partial charge in [0.05, 0.1) is 19.0 Å². The van der Waals surface area contributed by atoms with Crippen LogP contribution in [0.2, 0.25) is 0 Å². The monoisotopic (exact) mass is 547 g/mol. The summed E-state index contributed by atoms with van der Waals surface area (Å²) in [6.45, 7) is 0. The molecule has 0 radical (unpaired) electrons. The van der Waals surface area contributed by atoms with Gasteiger partial charge in [0.1, 0.15) is 11.0 Å². The minimum absolute atomic E-state index is 0.878. The summed E-state index contributed by atoms with van der Waals surface area (Å²) < 4.78 is 4.21. The van der Waals surface area contributed by atoms with Crippen LogP contribution in [0, 0.1) is 0 Å². The number of rotatable bonds is 2. The van der Waals surface area contributed by atoms with Crippen LogP contribution < -0.4 is 0 Å². The third-order valence-corrected chi connectivity index (χ3v) is 8.15. The van der Waals surface area contributed by atoms with Gasteiger partial charge in [-0.15, -0.1) is 11.3 Å². The summed E-state index contributed by atoms with van der Waals surface area (Å²) in [4.78, 5) is 10.1. The Hall–Kier alpha value is -2.54. The number of fused-ring (bicyclic) bond motifs is 4. The molecule has 0 aliphatic carbocycles. The Morgan fingerprint density at radius 3 is 2.03 bits per heavy atom. The second-order valence-electron chi connectivity index (χ2n) is 7.44. The van der Waals surface area contributed by atoms with E-state index >= 15 is 0 Å². The molecule has 0 spiro atoms. The van der Waals surface area contributed by atoms with Crippen LogP contribution in [-0.4, -0.2) is 14.5 Å². The molecular formula is C25H15Br2N3S. The quantitative estimate of drug-likeness (QED) is 0.218. The Kier molecular flexibility index (Phi) is 4.49. The summed E-state index contributed by atoms with van der Waals surface area (Å²) in [5, 5.41) is 2.51. The van der Waals surface area contributed by atoms with Gasteiger partial charge in [-0.05, 0) is 44.0 Å². The van der Waals surface area contributed by atoms with Crippen molar-refractivity contribution in [1.82, 2.24) is 14.5 Å². The second kappa shape index (κ2) is 7.26. The third kappa shape index (κ3) is 2.97. The molecule has 0 saturated carbocycles. The number of halogens is 2. The van der Waals surface area contributed by atoms with E-state index in [0.29, 0.717) is 0 Å². The largest absolute Gasteiger partial charge is 0.344 e. The predicted molar refractivity (Wildman–Crippen MR) is 138 cm³/mol. The van der Waals surface area contributed by atoms with Gasteiger partial charge in [-0.1, -0.05) is 60.7 Å². The Morgan fingerprint density at radius 1 is 0.677 bits per heavy atom. The molecule has 0 fully saturated rings. The van der Waals surface area contributed by atoms with Crippen molar-refractivity contribution in [2.45, 2.75) is 0 Å². The van der Waals surface area contributed by atoms with E-state index in [1.807, 2.05) is 18.2 Å². The van der Waals surface area contributed by atoms with Crippen LogP contribution in [0.4, 0.5) is 0 Å². The highest BCUT2D eigenvalue weighted by atomic mass is 79.9. The van der Waals surface area contributed by atoms with Gasteiger partial charge in [-0.25, -0.2) is 9.97 Å². The summed E-state index contributed by atoms with van der Waals surface area (Å²) in [6, 6.07) is 25.4. The summed E-state index contributed by atoms with van der Waals surface area (Å²) in [5.41, 5.74) is 8.05. The molecule has 0 unspecified atom stereocenters. The first-order chi connectivity index (χ1) is 15.1. The first kappa shape index (κ1) is 19.2. The Balaban J connectivity index is 1.68. The lowest BCUT2D eigenvalue weighted by Gasteiger charge is -2.10.